The Labute approximate surface area is 134 Å². The summed E-state index contributed by atoms with van der Waals surface area (Å²) in [7, 11) is 0. The average molecular weight is 318 g/mol. The zero-order valence-electron chi connectivity index (χ0n) is 12.8. The number of amides is 1. The van der Waals surface area contributed by atoms with Crippen molar-refractivity contribution < 1.29 is 14.3 Å². The van der Waals surface area contributed by atoms with Crippen molar-refractivity contribution in [2.75, 3.05) is 13.2 Å². The van der Waals surface area contributed by atoms with Gasteiger partial charge in [0.05, 0.1) is 18.4 Å². The van der Waals surface area contributed by atoms with Crippen molar-refractivity contribution in [3.05, 3.63) is 40.8 Å². The summed E-state index contributed by atoms with van der Waals surface area (Å²) in [5.74, 6) is -0.950. The first-order valence-corrected chi connectivity index (χ1v) is 7.15. The molecule has 0 heterocycles. The molecule has 0 aromatic heterocycles. The van der Waals surface area contributed by atoms with Gasteiger partial charge in [-0.05, 0) is 31.9 Å². The molecule has 0 saturated heterocycles. The lowest BCUT2D eigenvalue weighted by Crippen LogP contribution is -2.42. The van der Waals surface area contributed by atoms with Crippen molar-refractivity contribution in [2.24, 2.45) is 5.29 Å². The lowest BCUT2D eigenvalue weighted by atomic mass is 10.1. The molecule has 1 N–H and O–H groups in total. The van der Waals surface area contributed by atoms with Crippen molar-refractivity contribution in [1.29, 1.82) is 5.26 Å². The van der Waals surface area contributed by atoms with Gasteiger partial charge in [-0.2, -0.15) is 10.3 Å². The minimum absolute atomic E-state index is 0.0666. The van der Waals surface area contributed by atoms with Gasteiger partial charge in [0.2, 0.25) is 6.19 Å². The van der Waals surface area contributed by atoms with E-state index in [1.165, 1.54) is 0 Å². The minimum Gasteiger partial charge on any atom is -0.464 e. The number of benzene rings is 1. The zero-order valence-corrected chi connectivity index (χ0v) is 12.8. The molecule has 0 saturated carbocycles. The predicted octanol–water partition coefficient (Wildman–Crippen LogP) is 1.59. The summed E-state index contributed by atoms with van der Waals surface area (Å²) in [5.41, 5.74) is 0.426. The molecule has 0 aliphatic carbocycles. The predicted molar refractivity (Wildman–Crippen MR) is 81.7 cm³/mol. The summed E-state index contributed by atoms with van der Waals surface area (Å²) in [6.07, 6.45) is 2.14. The Bertz CT molecular complexity index is 571. The van der Waals surface area contributed by atoms with E-state index in [0.29, 0.717) is 17.0 Å². The lowest BCUT2D eigenvalue weighted by Gasteiger charge is -2.17. The van der Waals surface area contributed by atoms with E-state index < -0.39 is 17.9 Å². The van der Waals surface area contributed by atoms with E-state index >= 15 is 0 Å². The van der Waals surface area contributed by atoms with Crippen LogP contribution in [0, 0.1) is 16.4 Å². The topological polar surface area (TPSA) is 112 Å². The minimum atomic E-state index is -0.852. The van der Waals surface area contributed by atoms with Crippen LogP contribution in [0.5, 0.6) is 0 Å². The van der Waals surface area contributed by atoms with Crippen LogP contribution in [-0.2, 0) is 9.53 Å². The summed E-state index contributed by atoms with van der Waals surface area (Å²) >= 11 is 0. The van der Waals surface area contributed by atoms with E-state index in [2.05, 4.69) is 10.6 Å². The highest BCUT2D eigenvalue weighted by Gasteiger charge is 2.22. The summed E-state index contributed by atoms with van der Waals surface area (Å²) in [4.78, 5) is 34.4. The zero-order chi connectivity index (χ0) is 17.1. The fourth-order valence-corrected chi connectivity index (χ4v) is 1.88. The monoisotopic (exact) mass is 318 g/mol. The molecule has 0 aliphatic heterocycles. The van der Waals surface area contributed by atoms with Crippen molar-refractivity contribution in [3.8, 4) is 6.19 Å². The fourth-order valence-electron chi connectivity index (χ4n) is 1.88. The number of carbonyl (C=O) groups is 2. The summed E-state index contributed by atoms with van der Waals surface area (Å²) < 4.78 is 4.93. The first-order valence-electron chi connectivity index (χ1n) is 7.15. The molecule has 0 radical (unpaired) electrons. The SMILES string of the molecule is CCOC(=O)C(CCCN(C#N)N=O)NC(=O)c1ccccc1. The second kappa shape index (κ2) is 9.89. The van der Waals surface area contributed by atoms with Gasteiger partial charge in [0.1, 0.15) is 6.04 Å². The third-order valence-corrected chi connectivity index (χ3v) is 2.99. The third-order valence-electron chi connectivity index (χ3n) is 2.99. The first-order chi connectivity index (χ1) is 11.1. The molecular weight excluding hydrogens is 300 g/mol. The quantitative estimate of drug-likeness (QED) is 0.243. The van der Waals surface area contributed by atoms with E-state index in [9.17, 15) is 14.5 Å². The maximum atomic E-state index is 12.1. The largest absolute Gasteiger partial charge is 0.464 e. The Morgan fingerprint density at radius 3 is 2.65 bits per heavy atom. The Morgan fingerprint density at radius 2 is 2.09 bits per heavy atom. The first kappa shape index (κ1) is 18.1. The molecule has 1 unspecified atom stereocenters. The smallest absolute Gasteiger partial charge is 0.328 e. The average Bonchev–Trinajstić information content (AvgIpc) is 2.58. The van der Waals surface area contributed by atoms with Crippen LogP contribution in [0.3, 0.4) is 0 Å². The summed E-state index contributed by atoms with van der Waals surface area (Å²) in [6.45, 7) is 1.93. The number of ether oxygens (including phenoxy) is 1. The second-order valence-corrected chi connectivity index (χ2v) is 4.59. The van der Waals surface area contributed by atoms with Crippen molar-refractivity contribution in [2.45, 2.75) is 25.8 Å². The number of rotatable bonds is 9. The molecule has 1 amide bonds. The third kappa shape index (κ3) is 6.13. The van der Waals surface area contributed by atoms with Crippen LogP contribution >= 0.6 is 0 Å². The number of nitrogens with zero attached hydrogens (tertiary/aromatic N) is 3. The van der Waals surface area contributed by atoms with Crippen LogP contribution in [0.4, 0.5) is 0 Å². The van der Waals surface area contributed by atoms with E-state index in [1.807, 2.05) is 0 Å². The molecule has 1 atom stereocenters. The fraction of sp³-hybridized carbons (Fsp3) is 0.400. The Balaban J connectivity index is 2.65. The van der Waals surface area contributed by atoms with Crippen LogP contribution in [0.15, 0.2) is 35.6 Å². The second-order valence-electron chi connectivity index (χ2n) is 4.59. The molecule has 0 spiro atoms. The maximum absolute atomic E-state index is 12.1. The van der Waals surface area contributed by atoms with Crippen LogP contribution < -0.4 is 5.32 Å². The van der Waals surface area contributed by atoms with Crippen molar-refractivity contribution >= 4 is 11.9 Å². The normalized spacial score (nSPS) is 11.0. The van der Waals surface area contributed by atoms with Gasteiger partial charge >= 0.3 is 5.97 Å². The molecule has 1 rings (SSSR count). The van der Waals surface area contributed by atoms with E-state index in [0.717, 1.165) is 0 Å². The molecule has 0 fully saturated rings. The van der Waals surface area contributed by atoms with Crippen molar-refractivity contribution in [1.82, 2.24) is 10.3 Å². The van der Waals surface area contributed by atoms with Gasteiger partial charge in [-0.1, -0.05) is 18.2 Å². The van der Waals surface area contributed by atoms with Gasteiger partial charge in [0.15, 0.2) is 0 Å². The summed E-state index contributed by atoms with van der Waals surface area (Å²) in [5, 5.41) is 14.4. The molecule has 1 aromatic carbocycles. The Kier molecular flexibility index (Phi) is 7.78. The van der Waals surface area contributed by atoms with Gasteiger partial charge in [-0.25, -0.2) is 4.79 Å². The standard InChI is InChI=1S/C15H18N4O4/c1-2-23-15(21)13(9-6-10-19(11-16)18-22)17-14(20)12-7-4-3-5-8-12/h3-5,7-8,13H,2,6,9-10H2,1H3,(H,17,20). The molecule has 122 valence electrons. The van der Waals surface area contributed by atoms with E-state index in [4.69, 9.17) is 10.00 Å². The van der Waals surface area contributed by atoms with Gasteiger partial charge in [0.25, 0.3) is 5.91 Å². The Hall–Kier alpha value is -2.95. The molecular formula is C15H18N4O4. The number of esters is 1. The number of hydrogen-bond donors (Lipinski definition) is 1. The van der Waals surface area contributed by atoms with Gasteiger partial charge < -0.3 is 10.1 Å². The molecule has 1 aromatic rings. The highest BCUT2D eigenvalue weighted by atomic mass is 16.5. The van der Waals surface area contributed by atoms with Crippen molar-refractivity contribution in [3.63, 3.8) is 0 Å². The number of hydrogen-bond acceptors (Lipinski definition) is 6. The van der Waals surface area contributed by atoms with Crippen LogP contribution in [0.1, 0.15) is 30.1 Å². The maximum Gasteiger partial charge on any atom is 0.328 e. The van der Waals surface area contributed by atoms with Crippen LogP contribution in [-0.4, -0.2) is 36.1 Å². The number of nitriles is 1. The lowest BCUT2D eigenvalue weighted by molar-refractivity contribution is -0.145. The van der Waals surface area contributed by atoms with Gasteiger partial charge in [0, 0.05) is 5.56 Å². The highest BCUT2D eigenvalue weighted by molar-refractivity contribution is 5.96. The van der Waals surface area contributed by atoms with E-state index in [1.54, 1.807) is 43.4 Å². The molecule has 8 nitrogen and oxygen atoms in total. The molecule has 0 bridgehead atoms. The Morgan fingerprint density at radius 1 is 1.39 bits per heavy atom. The van der Waals surface area contributed by atoms with Crippen LogP contribution in [0.25, 0.3) is 0 Å². The molecule has 23 heavy (non-hydrogen) atoms. The summed E-state index contributed by atoms with van der Waals surface area (Å²) in [6, 6.07) is 7.62. The number of nitroso groups, excluding NO2 is 1. The van der Waals surface area contributed by atoms with Crippen LogP contribution in [0.2, 0.25) is 0 Å². The number of carbonyl (C=O) groups excluding carboxylic acids is 2. The van der Waals surface area contributed by atoms with Gasteiger partial charge in [-0.15, -0.1) is 4.91 Å². The number of nitrogens with one attached hydrogen (secondary N) is 1. The molecule has 0 aliphatic rings. The highest BCUT2D eigenvalue weighted by Crippen LogP contribution is 2.05. The van der Waals surface area contributed by atoms with E-state index in [-0.39, 0.29) is 19.6 Å². The van der Waals surface area contributed by atoms with Gasteiger partial charge in [-0.3, -0.25) is 4.79 Å². The molecule has 8 heteroatoms.